The molecule has 132 valence electrons. The number of ether oxygens (including phenoxy) is 1. The summed E-state index contributed by atoms with van der Waals surface area (Å²) in [6, 6.07) is 12.2. The molecule has 1 aromatic heterocycles. The maximum absolute atomic E-state index is 10.0. The average molecular weight is 340 g/mol. The minimum absolute atomic E-state index is 0.103. The van der Waals surface area contributed by atoms with Crippen LogP contribution >= 0.6 is 0 Å². The van der Waals surface area contributed by atoms with Crippen LogP contribution in [-0.2, 0) is 11.2 Å². The Hall–Kier alpha value is -2.02. The van der Waals surface area contributed by atoms with Gasteiger partial charge < -0.3 is 14.7 Å². The SMILES string of the molecule is OCC12COCCN1CCN(c1ccnc(Cc3ccccc3)n1)C2. The number of benzene rings is 1. The van der Waals surface area contributed by atoms with Crippen molar-refractivity contribution in [1.82, 2.24) is 14.9 Å². The minimum Gasteiger partial charge on any atom is -0.394 e. The number of aliphatic hydroxyl groups is 1. The van der Waals surface area contributed by atoms with Gasteiger partial charge in [-0.1, -0.05) is 30.3 Å². The van der Waals surface area contributed by atoms with E-state index in [1.165, 1.54) is 5.56 Å². The Morgan fingerprint density at radius 2 is 2.00 bits per heavy atom. The number of anilines is 1. The molecule has 0 radical (unpaired) electrons. The smallest absolute Gasteiger partial charge is 0.135 e. The molecule has 0 aliphatic carbocycles. The van der Waals surface area contributed by atoms with E-state index in [0.29, 0.717) is 6.61 Å². The van der Waals surface area contributed by atoms with E-state index in [2.05, 4.69) is 26.9 Å². The zero-order valence-electron chi connectivity index (χ0n) is 14.3. The van der Waals surface area contributed by atoms with Crippen LogP contribution in [-0.4, -0.2) is 71.5 Å². The van der Waals surface area contributed by atoms with Gasteiger partial charge in [-0.05, 0) is 11.6 Å². The Balaban J connectivity index is 1.53. The molecule has 2 aliphatic heterocycles. The van der Waals surface area contributed by atoms with Gasteiger partial charge in [0.2, 0.25) is 0 Å². The van der Waals surface area contributed by atoms with Gasteiger partial charge in [-0.2, -0.15) is 0 Å². The third kappa shape index (κ3) is 3.38. The summed E-state index contributed by atoms with van der Waals surface area (Å²) >= 11 is 0. The summed E-state index contributed by atoms with van der Waals surface area (Å²) < 4.78 is 5.66. The van der Waals surface area contributed by atoms with E-state index in [9.17, 15) is 5.11 Å². The van der Waals surface area contributed by atoms with E-state index < -0.39 is 0 Å². The highest BCUT2D eigenvalue weighted by Crippen LogP contribution is 2.27. The Morgan fingerprint density at radius 3 is 2.84 bits per heavy atom. The molecule has 1 unspecified atom stereocenters. The summed E-state index contributed by atoms with van der Waals surface area (Å²) in [6.07, 6.45) is 2.55. The topological polar surface area (TPSA) is 61.7 Å². The van der Waals surface area contributed by atoms with E-state index in [4.69, 9.17) is 9.72 Å². The lowest BCUT2D eigenvalue weighted by molar-refractivity contribution is -0.0951. The van der Waals surface area contributed by atoms with Crippen LogP contribution in [0.25, 0.3) is 0 Å². The average Bonchev–Trinajstić information content (AvgIpc) is 2.68. The third-order valence-corrected chi connectivity index (χ3v) is 5.19. The fourth-order valence-electron chi connectivity index (χ4n) is 3.75. The maximum atomic E-state index is 10.0. The zero-order chi connectivity index (χ0) is 17.1. The summed E-state index contributed by atoms with van der Waals surface area (Å²) in [5, 5.41) is 10.0. The number of rotatable bonds is 4. The van der Waals surface area contributed by atoms with Crippen molar-refractivity contribution in [2.24, 2.45) is 0 Å². The molecule has 4 rings (SSSR count). The Morgan fingerprint density at radius 1 is 1.12 bits per heavy atom. The van der Waals surface area contributed by atoms with Crippen molar-refractivity contribution in [3.63, 3.8) is 0 Å². The first-order chi connectivity index (χ1) is 12.3. The Labute approximate surface area is 148 Å². The predicted molar refractivity (Wildman–Crippen MR) is 95.7 cm³/mol. The van der Waals surface area contributed by atoms with Gasteiger partial charge >= 0.3 is 0 Å². The van der Waals surface area contributed by atoms with E-state index in [0.717, 1.165) is 50.8 Å². The first-order valence-corrected chi connectivity index (χ1v) is 8.84. The maximum Gasteiger partial charge on any atom is 0.135 e. The number of hydrogen-bond acceptors (Lipinski definition) is 6. The number of fused-ring (bicyclic) bond motifs is 1. The molecule has 6 nitrogen and oxygen atoms in total. The predicted octanol–water partition coefficient (Wildman–Crippen LogP) is 0.951. The molecule has 2 aromatic rings. The van der Waals surface area contributed by atoms with Crippen LogP contribution in [0.15, 0.2) is 42.6 Å². The number of aromatic nitrogens is 2. The molecule has 1 aromatic carbocycles. The van der Waals surface area contributed by atoms with Gasteiger partial charge in [0.1, 0.15) is 11.6 Å². The van der Waals surface area contributed by atoms with E-state index >= 15 is 0 Å². The lowest BCUT2D eigenvalue weighted by atomic mass is 9.94. The second-order valence-corrected chi connectivity index (χ2v) is 6.84. The summed E-state index contributed by atoms with van der Waals surface area (Å²) in [7, 11) is 0. The summed E-state index contributed by atoms with van der Waals surface area (Å²) in [5.74, 6) is 1.75. The molecular formula is C19H24N4O2. The van der Waals surface area contributed by atoms with E-state index in [-0.39, 0.29) is 12.1 Å². The summed E-state index contributed by atoms with van der Waals surface area (Å²) in [4.78, 5) is 13.8. The van der Waals surface area contributed by atoms with Gasteiger partial charge in [0.05, 0.1) is 25.4 Å². The number of morpholine rings is 1. The van der Waals surface area contributed by atoms with E-state index in [1.807, 2.05) is 30.5 Å². The molecule has 1 N–H and O–H groups in total. The first-order valence-electron chi connectivity index (χ1n) is 8.84. The fourth-order valence-corrected chi connectivity index (χ4v) is 3.75. The fraction of sp³-hybridized carbons (Fsp3) is 0.474. The van der Waals surface area contributed by atoms with Crippen LogP contribution in [0.2, 0.25) is 0 Å². The molecule has 6 heteroatoms. The molecule has 3 heterocycles. The monoisotopic (exact) mass is 340 g/mol. The van der Waals surface area contributed by atoms with Crippen molar-refractivity contribution < 1.29 is 9.84 Å². The van der Waals surface area contributed by atoms with Gasteiger partial charge in [-0.15, -0.1) is 0 Å². The van der Waals surface area contributed by atoms with Crippen molar-refractivity contribution >= 4 is 5.82 Å². The number of aliphatic hydroxyl groups excluding tert-OH is 1. The molecule has 2 aliphatic rings. The lowest BCUT2D eigenvalue weighted by Gasteiger charge is -2.52. The highest BCUT2D eigenvalue weighted by Gasteiger charge is 2.43. The molecule has 1 atom stereocenters. The molecule has 0 spiro atoms. The molecule has 2 saturated heterocycles. The van der Waals surface area contributed by atoms with Gasteiger partial charge in [-0.25, -0.2) is 9.97 Å². The Bertz CT molecular complexity index is 712. The van der Waals surface area contributed by atoms with Gasteiger partial charge in [0.25, 0.3) is 0 Å². The Kier molecular flexibility index (Phi) is 4.65. The zero-order valence-corrected chi connectivity index (χ0v) is 14.3. The summed E-state index contributed by atoms with van der Waals surface area (Å²) in [5.41, 5.74) is 0.887. The molecule has 0 saturated carbocycles. The van der Waals surface area contributed by atoms with E-state index in [1.54, 1.807) is 0 Å². The van der Waals surface area contributed by atoms with Gasteiger partial charge in [0, 0.05) is 38.8 Å². The number of hydrogen-bond donors (Lipinski definition) is 1. The van der Waals surface area contributed by atoms with Crippen molar-refractivity contribution in [1.29, 1.82) is 0 Å². The first kappa shape index (κ1) is 16.4. The largest absolute Gasteiger partial charge is 0.394 e. The van der Waals surface area contributed by atoms with Crippen molar-refractivity contribution in [3.05, 3.63) is 54.0 Å². The van der Waals surface area contributed by atoms with Crippen LogP contribution < -0.4 is 4.90 Å². The molecule has 0 bridgehead atoms. The second kappa shape index (κ2) is 7.07. The van der Waals surface area contributed by atoms with Crippen LogP contribution in [0.3, 0.4) is 0 Å². The van der Waals surface area contributed by atoms with Crippen molar-refractivity contribution in [2.75, 3.05) is 50.9 Å². The van der Waals surface area contributed by atoms with Gasteiger partial charge in [0.15, 0.2) is 0 Å². The lowest BCUT2D eigenvalue weighted by Crippen LogP contribution is -2.69. The third-order valence-electron chi connectivity index (χ3n) is 5.19. The van der Waals surface area contributed by atoms with Gasteiger partial charge in [-0.3, -0.25) is 4.90 Å². The molecule has 0 amide bonds. The van der Waals surface area contributed by atoms with Crippen LogP contribution in [0.5, 0.6) is 0 Å². The molecule has 25 heavy (non-hydrogen) atoms. The van der Waals surface area contributed by atoms with Crippen molar-refractivity contribution in [3.8, 4) is 0 Å². The highest BCUT2D eigenvalue weighted by molar-refractivity contribution is 5.40. The second-order valence-electron chi connectivity index (χ2n) is 6.84. The van der Waals surface area contributed by atoms with Crippen LogP contribution in [0.1, 0.15) is 11.4 Å². The van der Waals surface area contributed by atoms with Crippen LogP contribution in [0, 0.1) is 0 Å². The number of piperazine rings is 1. The molecular weight excluding hydrogens is 316 g/mol. The number of nitrogens with zero attached hydrogens (tertiary/aromatic N) is 4. The quantitative estimate of drug-likeness (QED) is 0.894. The van der Waals surface area contributed by atoms with Crippen LogP contribution in [0.4, 0.5) is 5.82 Å². The highest BCUT2D eigenvalue weighted by atomic mass is 16.5. The van der Waals surface area contributed by atoms with Crippen molar-refractivity contribution in [2.45, 2.75) is 12.0 Å². The normalized spacial score (nSPS) is 24.1. The summed E-state index contributed by atoms with van der Waals surface area (Å²) in [6.45, 7) is 4.86. The molecule has 2 fully saturated rings. The minimum atomic E-state index is -0.318. The standard InChI is InChI=1S/C19H24N4O2/c24-14-19-13-22(8-9-23(19)10-11-25-15-19)18-6-7-20-17(21-18)12-16-4-2-1-3-5-16/h1-7,24H,8-15H2.